The van der Waals surface area contributed by atoms with Gasteiger partial charge in [-0.2, -0.15) is 0 Å². The van der Waals surface area contributed by atoms with Crippen molar-refractivity contribution >= 4 is 0 Å². The Labute approximate surface area is 85.3 Å². The summed E-state index contributed by atoms with van der Waals surface area (Å²) in [6, 6.07) is 0. The molecular weight excluding hydrogens is 174 g/mol. The minimum atomic E-state index is 0.310. The summed E-state index contributed by atoms with van der Waals surface area (Å²) in [5.41, 5.74) is 1.47. The first-order chi connectivity index (χ1) is 6.74. The smallest absolute Gasteiger partial charge is 0.108 e. The third kappa shape index (κ3) is 1.82. The highest BCUT2D eigenvalue weighted by Gasteiger charge is 2.32. The van der Waals surface area contributed by atoms with Gasteiger partial charge in [-0.15, -0.1) is 0 Å². The van der Waals surface area contributed by atoms with Gasteiger partial charge in [-0.1, -0.05) is 12.8 Å². The van der Waals surface area contributed by atoms with E-state index in [1.165, 1.54) is 25.7 Å². The van der Waals surface area contributed by atoms with Crippen LogP contribution in [0.2, 0.25) is 0 Å². The molecule has 0 atom stereocenters. The molecule has 1 aliphatic rings. The van der Waals surface area contributed by atoms with Crippen molar-refractivity contribution in [1.82, 2.24) is 15.3 Å². The van der Waals surface area contributed by atoms with Gasteiger partial charge in [0.1, 0.15) is 5.82 Å². The molecule has 0 radical (unpaired) electrons. The van der Waals surface area contributed by atoms with Crippen molar-refractivity contribution in [2.45, 2.75) is 44.6 Å². The molecule has 0 amide bonds. The molecule has 1 fully saturated rings. The number of aromatic nitrogens is 2. The Bertz CT molecular complexity index is 297. The Morgan fingerprint density at radius 2 is 2.21 bits per heavy atom. The van der Waals surface area contributed by atoms with Crippen LogP contribution in [0.3, 0.4) is 0 Å². The standard InChI is InChI=1S/C11H19N3/c1-9-8-13-10(14-9)7-11(12-2)5-3-4-6-11/h8,12H,3-7H2,1-2H3,(H,13,14). The first kappa shape index (κ1) is 9.71. The van der Waals surface area contributed by atoms with Crippen LogP contribution in [0.1, 0.15) is 37.2 Å². The normalized spacial score (nSPS) is 20.1. The minimum Gasteiger partial charge on any atom is -0.346 e. The fraction of sp³-hybridized carbons (Fsp3) is 0.727. The predicted octanol–water partition coefficient (Wildman–Crippen LogP) is 1.79. The maximum Gasteiger partial charge on any atom is 0.108 e. The zero-order valence-electron chi connectivity index (χ0n) is 9.06. The van der Waals surface area contributed by atoms with Crippen LogP contribution in [0, 0.1) is 6.92 Å². The van der Waals surface area contributed by atoms with E-state index in [2.05, 4.69) is 29.3 Å². The fourth-order valence-electron chi connectivity index (χ4n) is 2.44. The van der Waals surface area contributed by atoms with E-state index in [4.69, 9.17) is 0 Å². The number of nitrogens with one attached hydrogen (secondary N) is 2. The number of hydrogen-bond acceptors (Lipinski definition) is 2. The molecule has 78 valence electrons. The SMILES string of the molecule is CNC1(Cc2ncc(C)[nH]2)CCCC1. The second-order valence-corrected chi connectivity index (χ2v) is 4.43. The molecule has 2 rings (SSSR count). The lowest BCUT2D eigenvalue weighted by molar-refractivity contribution is 0.350. The van der Waals surface area contributed by atoms with E-state index >= 15 is 0 Å². The first-order valence-corrected chi connectivity index (χ1v) is 5.43. The molecule has 1 aliphatic carbocycles. The number of imidazole rings is 1. The molecule has 0 unspecified atom stereocenters. The van der Waals surface area contributed by atoms with Crippen LogP contribution in [-0.4, -0.2) is 22.6 Å². The monoisotopic (exact) mass is 193 g/mol. The molecule has 0 spiro atoms. The molecule has 3 heteroatoms. The molecule has 0 saturated heterocycles. The second-order valence-electron chi connectivity index (χ2n) is 4.43. The van der Waals surface area contributed by atoms with E-state index in [0.717, 1.165) is 17.9 Å². The number of aryl methyl sites for hydroxylation is 1. The molecule has 0 aromatic carbocycles. The van der Waals surface area contributed by atoms with Crippen molar-refractivity contribution in [3.63, 3.8) is 0 Å². The molecule has 1 heterocycles. The quantitative estimate of drug-likeness (QED) is 0.768. The lowest BCUT2D eigenvalue weighted by Gasteiger charge is -2.27. The summed E-state index contributed by atoms with van der Waals surface area (Å²) in [6.45, 7) is 2.05. The number of aromatic amines is 1. The van der Waals surface area contributed by atoms with Gasteiger partial charge in [-0.3, -0.25) is 0 Å². The van der Waals surface area contributed by atoms with Crippen LogP contribution >= 0.6 is 0 Å². The van der Waals surface area contributed by atoms with E-state index in [1.54, 1.807) is 0 Å². The van der Waals surface area contributed by atoms with E-state index in [9.17, 15) is 0 Å². The molecule has 3 nitrogen and oxygen atoms in total. The number of H-pyrrole nitrogens is 1. The van der Waals surface area contributed by atoms with Gasteiger partial charge in [0.25, 0.3) is 0 Å². The van der Waals surface area contributed by atoms with Gasteiger partial charge in [0.15, 0.2) is 0 Å². The van der Waals surface area contributed by atoms with Crippen molar-refractivity contribution in [2.75, 3.05) is 7.05 Å². The van der Waals surface area contributed by atoms with Gasteiger partial charge >= 0.3 is 0 Å². The average molecular weight is 193 g/mol. The number of rotatable bonds is 3. The van der Waals surface area contributed by atoms with Gasteiger partial charge in [0.05, 0.1) is 0 Å². The van der Waals surface area contributed by atoms with Gasteiger partial charge < -0.3 is 10.3 Å². The van der Waals surface area contributed by atoms with Crippen LogP contribution in [0.25, 0.3) is 0 Å². The summed E-state index contributed by atoms with van der Waals surface area (Å²) in [4.78, 5) is 7.69. The van der Waals surface area contributed by atoms with E-state index < -0.39 is 0 Å². The van der Waals surface area contributed by atoms with Crippen molar-refractivity contribution in [3.05, 3.63) is 17.7 Å². The largest absolute Gasteiger partial charge is 0.346 e. The van der Waals surface area contributed by atoms with Crippen LogP contribution in [0.5, 0.6) is 0 Å². The molecule has 1 aromatic rings. The van der Waals surface area contributed by atoms with Crippen LogP contribution in [0.15, 0.2) is 6.20 Å². The second kappa shape index (κ2) is 3.73. The Kier molecular flexibility index (Phi) is 2.59. The summed E-state index contributed by atoms with van der Waals surface area (Å²) in [7, 11) is 2.07. The number of likely N-dealkylation sites (N-methyl/N-ethyl adjacent to an activating group) is 1. The molecule has 14 heavy (non-hydrogen) atoms. The predicted molar refractivity (Wildman–Crippen MR) is 57.3 cm³/mol. The van der Waals surface area contributed by atoms with Crippen molar-refractivity contribution in [1.29, 1.82) is 0 Å². The summed E-state index contributed by atoms with van der Waals surface area (Å²) >= 11 is 0. The van der Waals surface area contributed by atoms with Gasteiger partial charge in [-0.05, 0) is 26.8 Å². The zero-order chi connectivity index (χ0) is 10.0. The summed E-state index contributed by atoms with van der Waals surface area (Å²) in [5, 5.41) is 3.48. The van der Waals surface area contributed by atoms with Crippen molar-refractivity contribution in [3.8, 4) is 0 Å². The number of nitrogens with zero attached hydrogens (tertiary/aromatic N) is 1. The molecule has 0 bridgehead atoms. The van der Waals surface area contributed by atoms with Crippen LogP contribution in [-0.2, 0) is 6.42 Å². The molecule has 1 saturated carbocycles. The van der Waals surface area contributed by atoms with Gasteiger partial charge in [0.2, 0.25) is 0 Å². The Morgan fingerprint density at radius 3 is 2.71 bits per heavy atom. The molecule has 2 N–H and O–H groups in total. The van der Waals surface area contributed by atoms with Gasteiger partial charge in [-0.25, -0.2) is 4.98 Å². The summed E-state index contributed by atoms with van der Waals surface area (Å²) < 4.78 is 0. The van der Waals surface area contributed by atoms with Crippen LogP contribution in [0.4, 0.5) is 0 Å². The average Bonchev–Trinajstić information content (AvgIpc) is 2.77. The highest BCUT2D eigenvalue weighted by Crippen LogP contribution is 2.31. The zero-order valence-corrected chi connectivity index (χ0v) is 9.06. The lowest BCUT2D eigenvalue weighted by Crippen LogP contribution is -2.42. The third-order valence-electron chi connectivity index (χ3n) is 3.35. The maximum atomic E-state index is 4.38. The Hall–Kier alpha value is -0.830. The first-order valence-electron chi connectivity index (χ1n) is 5.43. The topological polar surface area (TPSA) is 40.7 Å². The van der Waals surface area contributed by atoms with E-state index in [0.29, 0.717) is 5.54 Å². The Morgan fingerprint density at radius 1 is 1.50 bits per heavy atom. The minimum absolute atomic E-state index is 0.310. The van der Waals surface area contributed by atoms with Crippen molar-refractivity contribution < 1.29 is 0 Å². The summed E-state index contributed by atoms with van der Waals surface area (Å²) in [5.74, 6) is 1.12. The van der Waals surface area contributed by atoms with Crippen LogP contribution < -0.4 is 5.32 Å². The Balaban J connectivity index is 2.08. The number of hydrogen-bond donors (Lipinski definition) is 2. The highest BCUT2D eigenvalue weighted by atomic mass is 15.0. The van der Waals surface area contributed by atoms with Gasteiger partial charge in [0, 0.05) is 23.9 Å². The highest BCUT2D eigenvalue weighted by molar-refractivity contribution is 5.05. The van der Waals surface area contributed by atoms with E-state index in [1.807, 2.05) is 6.20 Å². The maximum absolute atomic E-state index is 4.38. The molecule has 1 aromatic heterocycles. The fourth-order valence-corrected chi connectivity index (χ4v) is 2.44. The van der Waals surface area contributed by atoms with Crippen molar-refractivity contribution in [2.24, 2.45) is 0 Å². The third-order valence-corrected chi connectivity index (χ3v) is 3.35. The lowest BCUT2D eigenvalue weighted by atomic mass is 9.93. The van der Waals surface area contributed by atoms with E-state index in [-0.39, 0.29) is 0 Å². The molecule has 0 aliphatic heterocycles. The summed E-state index contributed by atoms with van der Waals surface area (Å²) in [6.07, 6.45) is 8.21. The molecular formula is C11H19N3.